The minimum absolute atomic E-state index is 0.605. The highest BCUT2D eigenvalue weighted by Gasteiger charge is 2.05. The van der Waals surface area contributed by atoms with Gasteiger partial charge in [0, 0.05) is 11.6 Å². The Labute approximate surface area is 151 Å². The molecule has 0 atom stereocenters. The number of hydrogen-bond acceptors (Lipinski definition) is 2. The minimum atomic E-state index is 0.605. The molecule has 0 saturated heterocycles. The van der Waals surface area contributed by atoms with Gasteiger partial charge in [0.15, 0.2) is 5.11 Å². The molecule has 2 N–H and O–H groups in total. The first-order chi connectivity index (χ1) is 11.2. The Balaban J connectivity index is 2.14. The maximum Gasteiger partial charge on any atom is 0.170 e. The molecule has 0 radical (unpaired) electrons. The van der Waals surface area contributed by atoms with Crippen LogP contribution in [0.3, 0.4) is 0 Å². The molecule has 0 aliphatic heterocycles. The van der Waals surface area contributed by atoms with Crippen LogP contribution >= 0.6 is 23.8 Å². The molecular weight excluding hydrogens is 328 g/mol. The average molecular weight is 357 g/mol. The van der Waals surface area contributed by atoms with Gasteiger partial charge >= 0.3 is 0 Å². The topological polar surface area (TPSA) is 33.3 Å². The van der Waals surface area contributed by atoms with Crippen LogP contribution in [0.25, 0.3) is 0 Å². The lowest BCUT2D eigenvalue weighted by Crippen LogP contribution is -2.29. The fraction of sp³-hybridized carbons (Fsp3) is 0.611. The van der Waals surface area contributed by atoms with Crippen LogP contribution in [0.15, 0.2) is 18.2 Å². The van der Waals surface area contributed by atoms with E-state index in [1.54, 1.807) is 13.2 Å². The van der Waals surface area contributed by atoms with Crippen LogP contribution in [0.4, 0.5) is 5.69 Å². The maximum atomic E-state index is 6.00. The van der Waals surface area contributed by atoms with Crippen molar-refractivity contribution in [3.63, 3.8) is 0 Å². The van der Waals surface area contributed by atoms with Crippen LogP contribution in [0.2, 0.25) is 5.02 Å². The van der Waals surface area contributed by atoms with Crippen molar-refractivity contribution in [2.75, 3.05) is 19.0 Å². The van der Waals surface area contributed by atoms with Gasteiger partial charge in [0.05, 0.1) is 12.8 Å². The predicted molar refractivity (Wildman–Crippen MR) is 105 cm³/mol. The van der Waals surface area contributed by atoms with Gasteiger partial charge in [-0.15, -0.1) is 0 Å². The Bertz CT molecular complexity index is 468. The van der Waals surface area contributed by atoms with E-state index in [0.29, 0.717) is 10.1 Å². The van der Waals surface area contributed by atoms with Crippen molar-refractivity contribution in [3.8, 4) is 5.75 Å². The first-order valence-corrected chi connectivity index (χ1v) is 9.34. The summed E-state index contributed by atoms with van der Waals surface area (Å²) in [6.45, 7) is 3.14. The molecule has 0 aliphatic carbocycles. The fourth-order valence-electron chi connectivity index (χ4n) is 2.41. The van der Waals surface area contributed by atoms with Crippen LogP contribution in [0.5, 0.6) is 5.75 Å². The van der Waals surface area contributed by atoms with E-state index in [4.69, 9.17) is 28.6 Å². The molecule has 0 saturated carbocycles. The molecule has 0 bridgehead atoms. The number of nitrogens with one attached hydrogen (secondary N) is 2. The van der Waals surface area contributed by atoms with Crippen molar-refractivity contribution in [1.29, 1.82) is 0 Å². The summed E-state index contributed by atoms with van der Waals surface area (Å²) in [4.78, 5) is 0. The van der Waals surface area contributed by atoms with Gasteiger partial charge in [-0.2, -0.15) is 0 Å². The van der Waals surface area contributed by atoms with Gasteiger partial charge in [-0.05, 0) is 36.8 Å². The normalized spacial score (nSPS) is 10.4. The average Bonchev–Trinajstić information content (AvgIpc) is 2.53. The van der Waals surface area contributed by atoms with E-state index in [1.807, 2.05) is 12.1 Å². The number of thiocarbonyl (C=S) groups is 1. The van der Waals surface area contributed by atoms with Gasteiger partial charge < -0.3 is 15.4 Å². The number of methoxy groups -OCH3 is 1. The molecule has 0 amide bonds. The third-order valence-corrected chi connectivity index (χ3v) is 4.21. The van der Waals surface area contributed by atoms with Crippen molar-refractivity contribution >= 4 is 34.6 Å². The summed E-state index contributed by atoms with van der Waals surface area (Å²) in [5.74, 6) is 0.727. The Morgan fingerprint density at radius 3 is 2.39 bits per heavy atom. The highest BCUT2D eigenvalue weighted by Crippen LogP contribution is 2.27. The highest BCUT2D eigenvalue weighted by molar-refractivity contribution is 7.80. The second-order valence-corrected chi connectivity index (χ2v) is 6.55. The van der Waals surface area contributed by atoms with E-state index in [2.05, 4.69) is 17.6 Å². The first kappa shape index (κ1) is 20.0. The Morgan fingerprint density at radius 2 is 1.74 bits per heavy atom. The number of unbranched alkanes of at least 4 members (excludes halogenated alkanes) is 7. The summed E-state index contributed by atoms with van der Waals surface area (Å²) in [5, 5.41) is 7.63. The van der Waals surface area contributed by atoms with Crippen molar-refractivity contribution in [1.82, 2.24) is 5.32 Å². The Morgan fingerprint density at radius 1 is 1.09 bits per heavy atom. The number of halogens is 1. The summed E-state index contributed by atoms with van der Waals surface area (Å²) in [6.07, 6.45) is 10.5. The van der Waals surface area contributed by atoms with Crippen molar-refractivity contribution < 1.29 is 4.74 Å². The first-order valence-electron chi connectivity index (χ1n) is 8.55. The summed E-state index contributed by atoms with van der Waals surface area (Å²) in [7, 11) is 1.63. The monoisotopic (exact) mass is 356 g/mol. The molecule has 1 aromatic carbocycles. The Kier molecular flexibility index (Phi) is 10.8. The third kappa shape index (κ3) is 9.01. The molecule has 130 valence electrons. The van der Waals surface area contributed by atoms with Crippen LogP contribution in [-0.2, 0) is 0 Å². The number of rotatable bonds is 11. The zero-order chi connectivity index (χ0) is 16.9. The summed E-state index contributed by atoms with van der Waals surface area (Å²) in [5.41, 5.74) is 0.786. The predicted octanol–water partition coefficient (Wildman–Crippen LogP) is 5.78. The molecule has 3 nitrogen and oxygen atoms in total. The molecule has 0 aromatic heterocycles. The van der Waals surface area contributed by atoms with Crippen molar-refractivity contribution in [2.45, 2.75) is 58.3 Å². The number of anilines is 1. The number of benzene rings is 1. The third-order valence-electron chi connectivity index (χ3n) is 3.73. The SMILES string of the molecule is CCCCCCCCCCNC(=S)Nc1cc(Cl)ccc1OC. The van der Waals surface area contributed by atoms with Gasteiger partial charge in [0.2, 0.25) is 0 Å². The van der Waals surface area contributed by atoms with Gasteiger partial charge in [-0.1, -0.05) is 63.5 Å². The van der Waals surface area contributed by atoms with Gasteiger partial charge in [0.25, 0.3) is 0 Å². The second kappa shape index (κ2) is 12.4. The molecule has 23 heavy (non-hydrogen) atoms. The molecule has 0 unspecified atom stereocenters. The number of ether oxygens (including phenoxy) is 1. The van der Waals surface area contributed by atoms with Crippen LogP contribution < -0.4 is 15.4 Å². The molecule has 1 aromatic rings. The van der Waals surface area contributed by atoms with Crippen LogP contribution in [-0.4, -0.2) is 18.8 Å². The molecule has 5 heteroatoms. The van der Waals surface area contributed by atoms with E-state index in [9.17, 15) is 0 Å². The van der Waals surface area contributed by atoms with E-state index in [0.717, 1.165) is 24.4 Å². The minimum Gasteiger partial charge on any atom is -0.495 e. The molecular formula is C18H29ClN2OS. The van der Waals surface area contributed by atoms with E-state index in [1.165, 1.54) is 44.9 Å². The largest absolute Gasteiger partial charge is 0.495 e. The standard InChI is InChI=1S/C18H29ClN2OS/c1-3-4-5-6-7-8-9-10-13-20-18(23)21-16-14-15(19)11-12-17(16)22-2/h11-12,14H,3-10,13H2,1-2H3,(H2,20,21,23). The summed E-state index contributed by atoms with van der Waals surface area (Å²) >= 11 is 11.3. The van der Waals surface area contributed by atoms with Gasteiger partial charge in [0.1, 0.15) is 5.75 Å². The molecule has 0 heterocycles. The fourth-order valence-corrected chi connectivity index (χ4v) is 2.79. The molecule has 0 aliphatic rings. The van der Waals surface area contributed by atoms with Crippen molar-refractivity contribution in [3.05, 3.63) is 23.2 Å². The Hall–Kier alpha value is -1.00. The van der Waals surface area contributed by atoms with Crippen molar-refractivity contribution in [2.24, 2.45) is 0 Å². The number of hydrogen-bond donors (Lipinski definition) is 2. The molecule has 0 fully saturated rings. The van der Waals surface area contributed by atoms with E-state index in [-0.39, 0.29) is 0 Å². The van der Waals surface area contributed by atoms with Gasteiger partial charge in [-0.25, -0.2) is 0 Å². The smallest absolute Gasteiger partial charge is 0.170 e. The van der Waals surface area contributed by atoms with Crippen LogP contribution in [0.1, 0.15) is 58.3 Å². The van der Waals surface area contributed by atoms with E-state index >= 15 is 0 Å². The molecule has 1 rings (SSSR count). The van der Waals surface area contributed by atoms with E-state index < -0.39 is 0 Å². The zero-order valence-corrected chi connectivity index (χ0v) is 15.9. The van der Waals surface area contributed by atoms with Gasteiger partial charge in [-0.3, -0.25) is 0 Å². The quantitative estimate of drug-likeness (QED) is 0.389. The highest BCUT2D eigenvalue weighted by atomic mass is 35.5. The summed E-state index contributed by atoms with van der Waals surface area (Å²) in [6, 6.07) is 5.43. The zero-order valence-electron chi connectivity index (χ0n) is 14.3. The summed E-state index contributed by atoms with van der Waals surface area (Å²) < 4.78 is 5.29. The second-order valence-electron chi connectivity index (χ2n) is 5.70. The molecule has 0 spiro atoms. The lowest BCUT2D eigenvalue weighted by Gasteiger charge is -2.13. The lowest BCUT2D eigenvalue weighted by atomic mass is 10.1. The lowest BCUT2D eigenvalue weighted by molar-refractivity contribution is 0.417. The maximum absolute atomic E-state index is 6.00. The van der Waals surface area contributed by atoms with Crippen LogP contribution in [0, 0.1) is 0 Å².